The van der Waals surface area contributed by atoms with Gasteiger partial charge in [-0.1, -0.05) is 30.8 Å². The first-order valence-corrected chi connectivity index (χ1v) is 7.54. The summed E-state index contributed by atoms with van der Waals surface area (Å²) >= 11 is 0.759. The van der Waals surface area contributed by atoms with Crippen LogP contribution in [0, 0.1) is 17.5 Å². The van der Waals surface area contributed by atoms with Crippen LogP contribution in [0.4, 0.5) is 13.2 Å². The molecule has 21 heavy (non-hydrogen) atoms. The van der Waals surface area contributed by atoms with Crippen LogP contribution in [0.2, 0.25) is 0 Å². The van der Waals surface area contributed by atoms with Crippen molar-refractivity contribution >= 4 is 11.8 Å². The molecule has 0 saturated carbocycles. The number of nitrogens with one attached hydrogen (secondary N) is 1. The van der Waals surface area contributed by atoms with Gasteiger partial charge in [0, 0.05) is 11.4 Å². The minimum absolute atomic E-state index is 0.181. The molecule has 2 aromatic rings. The maximum atomic E-state index is 14.0. The van der Waals surface area contributed by atoms with E-state index in [1.807, 2.05) is 6.92 Å². The van der Waals surface area contributed by atoms with E-state index in [1.54, 1.807) is 6.07 Å². The van der Waals surface area contributed by atoms with E-state index in [0.717, 1.165) is 24.7 Å². The molecule has 112 valence electrons. The molecule has 1 nitrogen and oxygen atoms in total. The predicted octanol–water partition coefficient (Wildman–Crippen LogP) is 4.75. The van der Waals surface area contributed by atoms with E-state index in [4.69, 9.17) is 0 Å². The Morgan fingerprint density at radius 2 is 1.67 bits per heavy atom. The maximum Gasteiger partial charge on any atom is 0.140 e. The highest BCUT2D eigenvalue weighted by Gasteiger charge is 2.14. The normalized spacial score (nSPS) is 10.9. The highest BCUT2D eigenvalue weighted by molar-refractivity contribution is 7.99. The Labute approximate surface area is 126 Å². The van der Waals surface area contributed by atoms with Crippen molar-refractivity contribution in [2.45, 2.75) is 29.7 Å². The van der Waals surface area contributed by atoms with Gasteiger partial charge in [-0.2, -0.15) is 0 Å². The van der Waals surface area contributed by atoms with E-state index in [0.29, 0.717) is 12.1 Å². The van der Waals surface area contributed by atoms with Crippen LogP contribution in [0.5, 0.6) is 0 Å². The molecule has 0 amide bonds. The van der Waals surface area contributed by atoms with E-state index in [1.165, 1.54) is 30.3 Å². The third-order valence-corrected chi connectivity index (χ3v) is 4.01. The van der Waals surface area contributed by atoms with Crippen molar-refractivity contribution in [1.82, 2.24) is 5.32 Å². The molecule has 0 spiro atoms. The van der Waals surface area contributed by atoms with Crippen LogP contribution in [0.3, 0.4) is 0 Å². The summed E-state index contributed by atoms with van der Waals surface area (Å²) in [6, 6.07) is 8.50. The lowest BCUT2D eigenvalue weighted by molar-refractivity contribution is 0.533. The van der Waals surface area contributed by atoms with Gasteiger partial charge >= 0.3 is 0 Å². The van der Waals surface area contributed by atoms with Gasteiger partial charge < -0.3 is 5.32 Å². The summed E-state index contributed by atoms with van der Waals surface area (Å²) in [5.74, 6) is -1.83. The second kappa shape index (κ2) is 7.52. The first-order valence-electron chi connectivity index (χ1n) is 6.73. The van der Waals surface area contributed by atoms with E-state index in [-0.39, 0.29) is 9.79 Å². The van der Waals surface area contributed by atoms with Crippen LogP contribution >= 0.6 is 11.8 Å². The van der Waals surface area contributed by atoms with Crippen LogP contribution in [-0.4, -0.2) is 6.54 Å². The Bertz CT molecular complexity index is 593. The molecule has 0 aromatic heterocycles. The van der Waals surface area contributed by atoms with E-state index >= 15 is 0 Å². The molecule has 2 aromatic carbocycles. The number of halogens is 3. The average Bonchev–Trinajstić information content (AvgIpc) is 2.45. The SMILES string of the molecule is CCCNCc1cc(F)c(Sc2ccccc2F)c(F)c1. The lowest BCUT2D eigenvalue weighted by atomic mass is 10.2. The van der Waals surface area contributed by atoms with E-state index in [9.17, 15) is 13.2 Å². The Kier molecular flexibility index (Phi) is 5.70. The van der Waals surface area contributed by atoms with Crippen molar-refractivity contribution in [2.75, 3.05) is 6.54 Å². The Hall–Kier alpha value is -1.46. The van der Waals surface area contributed by atoms with Crippen LogP contribution in [0.15, 0.2) is 46.2 Å². The van der Waals surface area contributed by atoms with Gasteiger partial charge in [-0.25, -0.2) is 13.2 Å². The van der Waals surface area contributed by atoms with Gasteiger partial charge in [-0.3, -0.25) is 0 Å². The fraction of sp³-hybridized carbons (Fsp3) is 0.250. The van der Waals surface area contributed by atoms with E-state index < -0.39 is 17.5 Å². The molecule has 0 aliphatic rings. The molecule has 2 rings (SSSR count). The molecule has 5 heteroatoms. The second-order valence-corrected chi connectivity index (χ2v) is 5.65. The fourth-order valence-corrected chi connectivity index (χ4v) is 2.70. The first kappa shape index (κ1) is 15.9. The summed E-state index contributed by atoms with van der Waals surface area (Å²) in [6.07, 6.45) is 0.951. The molecular formula is C16H16F3NS. The molecule has 0 saturated heterocycles. The first-order chi connectivity index (χ1) is 10.1. The van der Waals surface area contributed by atoms with Crippen LogP contribution in [0.1, 0.15) is 18.9 Å². The molecular weight excluding hydrogens is 295 g/mol. The van der Waals surface area contributed by atoms with Crippen molar-refractivity contribution in [1.29, 1.82) is 0 Å². The van der Waals surface area contributed by atoms with Gasteiger partial charge in [0.05, 0.1) is 4.90 Å². The lowest BCUT2D eigenvalue weighted by Gasteiger charge is -2.09. The van der Waals surface area contributed by atoms with Crippen molar-refractivity contribution < 1.29 is 13.2 Å². The minimum Gasteiger partial charge on any atom is -0.313 e. The van der Waals surface area contributed by atoms with Crippen LogP contribution in [-0.2, 0) is 6.54 Å². The molecule has 0 unspecified atom stereocenters. The van der Waals surface area contributed by atoms with Gasteiger partial charge in [0.15, 0.2) is 0 Å². The zero-order valence-electron chi connectivity index (χ0n) is 11.6. The van der Waals surface area contributed by atoms with Crippen molar-refractivity contribution in [3.8, 4) is 0 Å². The molecule has 0 radical (unpaired) electrons. The fourth-order valence-electron chi connectivity index (χ4n) is 1.86. The zero-order chi connectivity index (χ0) is 15.2. The highest BCUT2D eigenvalue weighted by Crippen LogP contribution is 2.34. The summed E-state index contributed by atoms with van der Waals surface area (Å²) in [5, 5.41) is 3.08. The number of hydrogen-bond acceptors (Lipinski definition) is 2. The molecule has 0 aliphatic carbocycles. The number of benzene rings is 2. The summed E-state index contributed by atoms with van der Waals surface area (Å²) in [4.78, 5) is 0.0199. The summed E-state index contributed by atoms with van der Waals surface area (Å²) in [7, 11) is 0. The summed E-state index contributed by atoms with van der Waals surface area (Å²) < 4.78 is 41.6. The van der Waals surface area contributed by atoms with Gasteiger partial charge in [0.2, 0.25) is 0 Å². The molecule has 0 fully saturated rings. The Morgan fingerprint density at radius 3 is 2.29 bits per heavy atom. The molecule has 0 bridgehead atoms. The smallest absolute Gasteiger partial charge is 0.140 e. The molecule has 0 heterocycles. The summed E-state index contributed by atoms with van der Waals surface area (Å²) in [6.45, 7) is 3.21. The highest BCUT2D eigenvalue weighted by atomic mass is 32.2. The van der Waals surface area contributed by atoms with Crippen molar-refractivity contribution in [2.24, 2.45) is 0 Å². The van der Waals surface area contributed by atoms with Crippen LogP contribution < -0.4 is 5.32 Å². The quantitative estimate of drug-likeness (QED) is 0.772. The third-order valence-electron chi connectivity index (χ3n) is 2.86. The largest absolute Gasteiger partial charge is 0.313 e. The monoisotopic (exact) mass is 311 g/mol. The Balaban J connectivity index is 2.19. The lowest BCUT2D eigenvalue weighted by Crippen LogP contribution is -2.14. The molecule has 1 N–H and O–H groups in total. The predicted molar refractivity (Wildman–Crippen MR) is 78.9 cm³/mol. The van der Waals surface area contributed by atoms with Crippen molar-refractivity contribution in [3.05, 3.63) is 59.4 Å². The molecule has 0 aliphatic heterocycles. The Morgan fingerprint density at radius 1 is 1.00 bits per heavy atom. The summed E-state index contributed by atoms with van der Waals surface area (Å²) in [5.41, 5.74) is 0.538. The van der Waals surface area contributed by atoms with E-state index in [2.05, 4.69) is 5.32 Å². The second-order valence-electron chi connectivity index (χ2n) is 4.60. The average molecular weight is 311 g/mol. The van der Waals surface area contributed by atoms with Gasteiger partial charge in [0.25, 0.3) is 0 Å². The minimum atomic E-state index is -0.670. The topological polar surface area (TPSA) is 12.0 Å². The number of rotatable bonds is 6. The molecule has 0 atom stereocenters. The van der Waals surface area contributed by atoms with Crippen molar-refractivity contribution in [3.63, 3.8) is 0 Å². The maximum absolute atomic E-state index is 14.0. The third kappa shape index (κ3) is 4.25. The number of hydrogen-bond donors (Lipinski definition) is 1. The van der Waals surface area contributed by atoms with Gasteiger partial charge in [-0.05, 0) is 42.8 Å². The van der Waals surface area contributed by atoms with Gasteiger partial charge in [0.1, 0.15) is 17.5 Å². The van der Waals surface area contributed by atoms with Crippen LogP contribution in [0.25, 0.3) is 0 Å². The van der Waals surface area contributed by atoms with Gasteiger partial charge in [-0.15, -0.1) is 0 Å². The standard InChI is InChI=1S/C16H16F3NS/c1-2-7-20-10-11-8-13(18)16(14(19)9-11)21-15-6-4-3-5-12(15)17/h3-6,8-9,20H,2,7,10H2,1H3. The zero-order valence-corrected chi connectivity index (χ0v) is 12.4.